The Balaban J connectivity index is 2.86. The van der Waals surface area contributed by atoms with Gasteiger partial charge in [0.2, 0.25) is 0 Å². The van der Waals surface area contributed by atoms with E-state index in [-0.39, 0.29) is 0 Å². The van der Waals surface area contributed by atoms with Crippen LogP contribution in [0.2, 0.25) is 0 Å². The molecular weight excluding hydrogens is 204 g/mol. The minimum absolute atomic E-state index is 0.623. The van der Waals surface area contributed by atoms with E-state index in [1.165, 1.54) is 89.9 Å². The third-order valence-electron chi connectivity index (χ3n) is 3.60. The Morgan fingerprint density at radius 1 is 0.471 bits per heavy atom. The van der Waals surface area contributed by atoms with Crippen LogP contribution in [-0.2, 0) is 0 Å². The normalized spacial score (nSPS) is 11.7. The van der Waals surface area contributed by atoms with Crippen molar-refractivity contribution in [3.8, 4) is 0 Å². The lowest BCUT2D eigenvalue weighted by Crippen LogP contribution is -1.82. The van der Waals surface area contributed by atoms with Crippen molar-refractivity contribution >= 4 is 0 Å². The summed E-state index contributed by atoms with van der Waals surface area (Å²) in [5, 5.41) is 0. The highest BCUT2D eigenvalue weighted by Crippen LogP contribution is 2.13. The van der Waals surface area contributed by atoms with Gasteiger partial charge in [0.05, 0.1) is 0 Å². The van der Waals surface area contributed by atoms with Gasteiger partial charge in [0.1, 0.15) is 0 Å². The van der Waals surface area contributed by atoms with E-state index < -0.39 is 0 Å². The van der Waals surface area contributed by atoms with E-state index in [1.807, 2.05) is 0 Å². The quantitative estimate of drug-likeness (QED) is 0.291. The second-order valence-corrected chi connectivity index (χ2v) is 5.45. The lowest BCUT2D eigenvalue weighted by molar-refractivity contribution is 0.534. The summed E-state index contributed by atoms with van der Waals surface area (Å²) < 4.78 is 7.07. The molecule has 0 radical (unpaired) electrons. The van der Waals surface area contributed by atoms with E-state index in [9.17, 15) is 0 Å². The average molecular weight is 242 g/mol. The van der Waals surface area contributed by atoms with Gasteiger partial charge in [-0.25, -0.2) is 0 Å². The van der Waals surface area contributed by atoms with E-state index in [1.54, 1.807) is 0 Å². The van der Waals surface area contributed by atoms with Crippen LogP contribution in [0.15, 0.2) is 0 Å². The molecule has 0 aromatic heterocycles. The summed E-state index contributed by atoms with van der Waals surface area (Å²) >= 11 is 0. The summed E-state index contributed by atoms with van der Waals surface area (Å²) in [6.07, 6.45) is 21.0. The Labute approximate surface area is 112 Å². The van der Waals surface area contributed by atoms with Crippen molar-refractivity contribution in [2.75, 3.05) is 0 Å². The molecule has 0 aliphatic carbocycles. The minimum Gasteiger partial charge on any atom is -0.0654 e. The fraction of sp³-hybridized carbons (Fsp3) is 1.00. The Hall–Kier alpha value is 0. The molecule has 0 heterocycles. The van der Waals surface area contributed by atoms with Crippen LogP contribution in [0.1, 0.15) is 112 Å². The Kier molecular flexibility index (Phi) is 14.2. The van der Waals surface area contributed by atoms with Crippen LogP contribution in [0.4, 0.5) is 0 Å². The lowest BCUT2D eigenvalue weighted by Gasteiger charge is -2.02. The first-order valence-electron chi connectivity index (χ1n) is 8.91. The van der Waals surface area contributed by atoms with Crippen LogP contribution >= 0.6 is 0 Å². The molecule has 0 saturated heterocycles. The van der Waals surface area contributed by atoms with Crippen LogP contribution in [0.25, 0.3) is 0 Å². The van der Waals surface area contributed by atoms with Crippen molar-refractivity contribution in [1.82, 2.24) is 0 Å². The summed E-state index contributed by atoms with van der Waals surface area (Å²) in [4.78, 5) is 0. The van der Waals surface area contributed by atoms with Gasteiger partial charge in [-0.2, -0.15) is 0 Å². The Bertz CT molecular complexity index is 118. The van der Waals surface area contributed by atoms with Gasteiger partial charge in [0, 0.05) is 1.37 Å². The topological polar surface area (TPSA) is 0 Å². The fourth-order valence-electron chi connectivity index (χ4n) is 2.37. The van der Waals surface area contributed by atoms with Crippen molar-refractivity contribution in [2.45, 2.75) is 110 Å². The third-order valence-corrected chi connectivity index (χ3v) is 3.60. The van der Waals surface area contributed by atoms with E-state index in [4.69, 9.17) is 1.37 Å². The van der Waals surface area contributed by atoms with E-state index in [2.05, 4.69) is 6.92 Å². The van der Waals surface area contributed by atoms with E-state index in [0.717, 1.165) is 6.42 Å². The van der Waals surface area contributed by atoms with Gasteiger partial charge in [-0.05, 0) is 0 Å². The number of hydrogen-bond donors (Lipinski definition) is 0. The first-order chi connectivity index (χ1) is 8.91. The molecule has 0 atom stereocenters. The monoisotopic (exact) mass is 242 g/mol. The molecule has 0 aliphatic rings. The SMILES string of the molecule is [3H]CCCCCCCCCCCCCCCCC. The van der Waals surface area contributed by atoms with Crippen LogP contribution < -0.4 is 0 Å². The summed E-state index contributed by atoms with van der Waals surface area (Å²) in [6.45, 7) is 2.91. The van der Waals surface area contributed by atoms with Gasteiger partial charge in [-0.1, -0.05) is 110 Å². The number of rotatable bonds is 14. The van der Waals surface area contributed by atoms with Gasteiger partial charge >= 0.3 is 0 Å². The van der Waals surface area contributed by atoms with Crippen LogP contribution in [-0.4, -0.2) is 0 Å². The number of unbranched alkanes of at least 4 members (excludes halogenated alkanes) is 14. The zero-order valence-electron chi connectivity index (χ0n) is 13.3. The molecule has 0 aromatic carbocycles. The van der Waals surface area contributed by atoms with Crippen molar-refractivity contribution in [3.05, 3.63) is 0 Å². The second-order valence-electron chi connectivity index (χ2n) is 5.45. The predicted octanol–water partition coefficient (Wildman–Crippen LogP) is 6.88. The van der Waals surface area contributed by atoms with Gasteiger partial charge in [-0.15, -0.1) is 0 Å². The second kappa shape index (κ2) is 16.0. The number of hydrogen-bond acceptors (Lipinski definition) is 0. The van der Waals surface area contributed by atoms with Crippen molar-refractivity contribution in [2.24, 2.45) is 0 Å². The van der Waals surface area contributed by atoms with E-state index in [0.29, 0.717) is 6.90 Å². The van der Waals surface area contributed by atoms with Crippen molar-refractivity contribution in [1.29, 1.82) is 0 Å². The third kappa shape index (κ3) is 16.0. The molecule has 0 aliphatic heterocycles. The molecule has 0 unspecified atom stereocenters. The molecule has 17 heavy (non-hydrogen) atoms. The van der Waals surface area contributed by atoms with Gasteiger partial charge in [-0.3, -0.25) is 0 Å². The highest BCUT2D eigenvalue weighted by molar-refractivity contribution is 4.48. The maximum absolute atomic E-state index is 7.07. The standard InChI is InChI=1S/C17H36/c1-3-5-7-9-11-13-15-17-16-14-12-10-8-6-4-2/h3-17H2,1-2H3/i1T. The molecule has 0 N–H and O–H groups in total. The molecule has 0 amide bonds. The van der Waals surface area contributed by atoms with Gasteiger partial charge in [0.15, 0.2) is 0 Å². The van der Waals surface area contributed by atoms with Crippen LogP contribution in [0.5, 0.6) is 0 Å². The molecule has 0 spiro atoms. The molecule has 0 rings (SSSR count). The van der Waals surface area contributed by atoms with Gasteiger partial charge < -0.3 is 0 Å². The molecule has 0 heteroatoms. The predicted molar refractivity (Wildman–Crippen MR) is 80.6 cm³/mol. The molecule has 104 valence electrons. The zero-order chi connectivity index (χ0) is 13.3. The fourth-order valence-corrected chi connectivity index (χ4v) is 2.37. The molecule has 0 nitrogen and oxygen atoms in total. The Morgan fingerprint density at radius 3 is 1.06 bits per heavy atom. The first-order valence-corrected chi connectivity index (χ1v) is 8.21. The van der Waals surface area contributed by atoms with Crippen molar-refractivity contribution < 1.29 is 1.37 Å². The minimum atomic E-state index is 0.623. The zero-order valence-corrected chi connectivity index (χ0v) is 12.3. The smallest absolute Gasteiger partial charge is 0.0230 e. The molecular formula is C17H36. The van der Waals surface area contributed by atoms with Crippen molar-refractivity contribution in [3.63, 3.8) is 0 Å². The van der Waals surface area contributed by atoms with Gasteiger partial charge in [0.25, 0.3) is 0 Å². The molecule has 0 saturated carbocycles. The summed E-state index contributed by atoms with van der Waals surface area (Å²) in [5.74, 6) is 0. The largest absolute Gasteiger partial charge is 0.0654 e. The summed E-state index contributed by atoms with van der Waals surface area (Å²) in [7, 11) is 0. The summed E-state index contributed by atoms with van der Waals surface area (Å²) in [6, 6.07) is 0. The Morgan fingerprint density at radius 2 is 0.765 bits per heavy atom. The highest BCUT2D eigenvalue weighted by Gasteiger charge is 1.93. The maximum atomic E-state index is 7.07. The first kappa shape index (κ1) is 15.1. The molecule has 0 aromatic rings. The molecule has 0 fully saturated rings. The lowest BCUT2D eigenvalue weighted by atomic mass is 10.0. The van der Waals surface area contributed by atoms with Crippen LogP contribution in [0, 0.1) is 0 Å². The molecule has 0 bridgehead atoms. The van der Waals surface area contributed by atoms with E-state index >= 15 is 0 Å². The highest BCUT2D eigenvalue weighted by atomic mass is 14.0. The summed E-state index contributed by atoms with van der Waals surface area (Å²) in [5.41, 5.74) is 0. The average Bonchev–Trinajstić information content (AvgIpc) is 2.39. The van der Waals surface area contributed by atoms with Crippen LogP contribution in [0.3, 0.4) is 0 Å². The maximum Gasteiger partial charge on any atom is 0.0230 e.